The van der Waals surface area contributed by atoms with Crippen molar-refractivity contribution in [1.82, 2.24) is 0 Å². The van der Waals surface area contributed by atoms with Gasteiger partial charge in [0, 0.05) is 28.0 Å². The fraction of sp³-hybridized carbons (Fsp3) is 0.417. The van der Waals surface area contributed by atoms with Gasteiger partial charge in [0.2, 0.25) is 5.91 Å². The monoisotopic (exact) mass is 345 g/mol. The summed E-state index contributed by atoms with van der Waals surface area (Å²) in [6.07, 6.45) is 0.588. The van der Waals surface area contributed by atoms with Crippen LogP contribution in [0.2, 0.25) is 0 Å². The normalized spacial score (nSPS) is 20.6. The topological polar surface area (TPSA) is 20.3 Å². The van der Waals surface area contributed by atoms with Crippen molar-refractivity contribution in [2.75, 3.05) is 11.4 Å². The van der Waals surface area contributed by atoms with Gasteiger partial charge in [-0.2, -0.15) is 0 Å². The molecule has 2 rings (SSSR count). The Hall–Kier alpha value is -0.350. The zero-order chi connectivity index (χ0) is 11.9. The van der Waals surface area contributed by atoms with Gasteiger partial charge in [0.25, 0.3) is 0 Å². The molecule has 0 spiro atoms. The van der Waals surface area contributed by atoms with Gasteiger partial charge in [0.15, 0.2) is 0 Å². The van der Waals surface area contributed by atoms with Crippen LogP contribution in [-0.2, 0) is 4.79 Å². The Balaban J connectivity index is 2.41. The molecular formula is C12H13Br2NO. The van der Waals surface area contributed by atoms with Gasteiger partial charge in [-0.3, -0.25) is 4.79 Å². The van der Waals surface area contributed by atoms with Crippen LogP contribution in [0.1, 0.15) is 17.5 Å². The van der Waals surface area contributed by atoms with Gasteiger partial charge in [-0.1, -0.05) is 37.9 Å². The minimum absolute atomic E-state index is 0.195. The summed E-state index contributed by atoms with van der Waals surface area (Å²) >= 11 is 7.01. The van der Waals surface area contributed by atoms with E-state index in [0.717, 1.165) is 22.3 Å². The highest BCUT2D eigenvalue weighted by Gasteiger charge is 2.29. The van der Waals surface area contributed by atoms with Gasteiger partial charge >= 0.3 is 0 Å². The zero-order valence-corrected chi connectivity index (χ0v) is 12.4. The molecule has 0 N–H and O–H groups in total. The average molecular weight is 347 g/mol. The van der Waals surface area contributed by atoms with Crippen LogP contribution in [-0.4, -0.2) is 17.3 Å². The summed E-state index contributed by atoms with van der Waals surface area (Å²) in [5, 5.41) is 0. The average Bonchev–Trinajstić information content (AvgIpc) is 2.51. The first-order valence-corrected chi connectivity index (χ1v) is 6.91. The van der Waals surface area contributed by atoms with Gasteiger partial charge in [-0.05, 0) is 31.0 Å². The van der Waals surface area contributed by atoms with Crippen molar-refractivity contribution in [1.29, 1.82) is 0 Å². The van der Waals surface area contributed by atoms with Gasteiger partial charge < -0.3 is 4.90 Å². The van der Waals surface area contributed by atoms with E-state index in [4.69, 9.17) is 0 Å². The van der Waals surface area contributed by atoms with Crippen LogP contribution in [0.3, 0.4) is 0 Å². The van der Waals surface area contributed by atoms with Gasteiger partial charge in [-0.25, -0.2) is 0 Å². The summed E-state index contributed by atoms with van der Waals surface area (Å²) in [6, 6.07) is 4.14. The molecule has 0 saturated carbocycles. The Bertz CT molecular complexity index is 445. The first kappa shape index (κ1) is 12.1. The molecule has 1 fully saturated rings. The number of amides is 1. The van der Waals surface area contributed by atoms with E-state index in [1.54, 1.807) is 0 Å². The summed E-state index contributed by atoms with van der Waals surface area (Å²) < 4.78 is 1.05. The molecule has 1 aromatic carbocycles. The van der Waals surface area contributed by atoms with E-state index < -0.39 is 0 Å². The maximum absolute atomic E-state index is 11.8. The predicted molar refractivity (Wildman–Crippen MR) is 73.3 cm³/mol. The fourth-order valence-electron chi connectivity index (χ4n) is 2.00. The van der Waals surface area contributed by atoms with Crippen LogP contribution in [0, 0.1) is 13.8 Å². The summed E-state index contributed by atoms with van der Waals surface area (Å²) in [5.74, 6) is 0.195. The quantitative estimate of drug-likeness (QED) is 0.712. The van der Waals surface area contributed by atoms with Crippen LogP contribution in [0.5, 0.6) is 0 Å². The van der Waals surface area contributed by atoms with Crippen LogP contribution in [0.15, 0.2) is 16.6 Å². The van der Waals surface area contributed by atoms with E-state index >= 15 is 0 Å². The van der Waals surface area contributed by atoms with Crippen molar-refractivity contribution in [3.05, 3.63) is 27.7 Å². The van der Waals surface area contributed by atoms with Crippen LogP contribution in [0.4, 0.5) is 5.69 Å². The van der Waals surface area contributed by atoms with Crippen molar-refractivity contribution in [2.24, 2.45) is 0 Å². The number of anilines is 1. The Morgan fingerprint density at radius 1 is 1.31 bits per heavy atom. The smallest absolute Gasteiger partial charge is 0.228 e. The van der Waals surface area contributed by atoms with Crippen molar-refractivity contribution in [3.63, 3.8) is 0 Å². The van der Waals surface area contributed by atoms with Crippen molar-refractivity contribution >= 4 is 43.5 Å². The zero-order valence-electron chi connectivity index (χ0n) is 9.26. The predicted octanol–water partition coefficient (Wildman–Crippen LogP) is 3.57. The molecule has 1 atom stereocenters. The molecule has 2 nitrogen and oxygen atoms in total. The third-order valence-corrected chi connectivity index (χ3v) is 4.31. The Labute approximate surface area is 112 Å². The molecule has 1 saturated heterocycles. The molecule has 86 valence electrons. The number of aryl methyl sites for hydroxylation is 2. The number of nitrogens with zero attached hydrogens (tertiary/aromatic N) is 1. The van der Waals surface area contributed by atoms with E-state index in [2.05, 4.69) is 44.8 Å². The largest absolute Gasteiger partial charge is 0.311 e. The maximum Gasteiger partial charge on any atom is 0.228 e. The number of hydrogen-bond donors (Lipinski definition) is 0. The van der Waals surface area contributed by atoms with Crippen LogP contribution >= 0.6 is 31.9 Å². The summed E-state index contributed by atoms with van der Waals surface area (Å²) in [6.45, 7) is 4.86. The minimum Gasteiger partial charge on any atom is -0.311 e. The standard InChI is InChI=1S/C12H13Br2NO/c1-7-3-8(2)11(5-10(7)14)15-6-9(13)4-12(15)16/h3,5,9H,4,6H2,1-2H3. The summed E-state index contributed by atoms with van der Waals surface area (Å²) in [7, 11) is 0. The molecule has 16 heavy (non-hydrogen) atoms. The minimum atomic E-state index is 0.195. The second kappa shape index (κ2) is 4.49. The highest BCUT2D eigenvalue weighted by atomic mass is 79.9. The first-order chi connectivity index (χ1) is 7.49. The summed E-state index contributed by atoms with van der Waals surface area (Å²) in [4.78, 5) is 14.0. The van der Waals surface area contributed by atoms with Crippen LogP contribution in [0.25, 0.3) is 0 Å². The van der Waals surface area contributed by atoms with Gasteiger partial charge in [-0.15, -0.1) is 0 Å². The van der Waals surface area contributed by atoms with Crippen molar-refractivity contribution < 1.29 is 4.79 Å². The SMILES string of the molecule is Cc1cc(C)c(N2CC(Br)CC2=O)cc1Br. The Morgan fingerprint density at radius 2 is 2.00 bits per heavy atom. The molecule has 1 unspecified atom stereocenters. The van der Waals surface area contributed by atoms with Gasteiger partial charge in [0.05, 0.1) is 0 Å². The van der Waals surface area contributed by atoms with Crippen LogP contribution < -0.4 is 4.90 Å². The van der Waals surface area contributed by atoms with E-state index in [0.29, 0.717) is 6.42 Å². The molecule has 4 heteroatoms. The number of benzene rings is 1. The third kappa shape index (κ3) is 2.18. The lowest BCUT2D eigenvalue weighted by Crippen LogP contribution is -2.25. The fourth-order valence-corrected chi connectivity index (χ4v) is 2.90. The van der Waals surface area contributed by atoms with E-state index in [1.165, 1.54) is 5.56 Å². The molecule has 0 aromatic heterocycles. The molecule has 1 amide bonds. The number of alkyl halides is 1. The highest BCUT2D eigenvalue weighted by Crippen LogP contribution is 2.31. The second-order valence-electron chi connectivity index (χ2n) is 4.19. The maximum atomic E-state index is 11.8. The second-order valence-corrected chi connectivity index (χ2v) is 6.34. The molecule has 0 aliphatic carbocycles. The highest BCUT2D eigenvalue weighted by molar-refractivity contribution is 9.10. The number of carbonyl (C=O) groups is 1. The van der Waals surface area contributed by atoms with E-state index in [9.17, 15) is 4.79 Å². The molecule has 1 heterocycles. The molecule has 1 aromatic rings. The van der Waals surface area contributed by atoms with Crippen molar-refractivity contribution in [3.8, 4) is 0 Å². The molecule has 1 aliphatic rings. The van der Waals surface area contributed by atoms with Crippen molar-refractivity contribution in [2.45, 2.75) is 25.1 Å². The lowest BCUT2D eigenvalue weighted by atomic mass is 10.1. The molecule has 0 bridgehead atoms. The lowest BCUT2D eigenvalue weighted by molar-refractivity contribution is -0.117. The molecule has 0 radical (unpaired) electrons. The number of hydrogen-bond acceptors (Lipinski definition) is 1. The number of halogens is 2. The third-order valence-electron chi connectivity index (χ3n) is 2.85. The van der Waals surface area contributed by atoms with E-state index in [-0.39, 0.29) is 10.7 Å². The first-order valence-electron chi connectivity index (χ1n) is 5.20. The Morgan fingerprint density at radius 3 is 2.56 bits per heavy atom. The lowest BCUT2D eigenvalue weighted by Gasteiger charge is -2.19. The number of carbonyl (C=O) groups excluding carboxylic acids is 1. The number of rotatable bonds is 1. The molecule has 1 aliphatic heterocycles. The summed E-state index contributed by atoms with van der Waals surface area (Å²) in [5.41, 5.74) is 3.36. The van der Waals surface area contributed by atoms with Gasteiger partial charge in [0.1, 0.15) is 0 Å². The van der Waals surface area contributed by atoms with E-state index in [1.807, 2.05) is 17.9 Å². The molecular weight excluding hydrogens is 334 g/mol. The Kier molecular flexibility index (Phi) is 3.40.